The van der Waals surface area contributed by atoms with Crippen LogP contribution in [-0.2, 0) is 26.2 Å². The predicted molar refractivity (Wildman–Crippen MR) is 160 cm³/mol. The van der Waals surface area contributed by atoms with Crippen molar-refractivity contribution in [1.29, 1.82) is 0 Å². The summed E-state index contributed by atoms with van der Waals surface area (Å²) >= 11 is 0. The number of amides is 2. The van der Waals surface area contributed by atoms with E-state index >= 15 is 0 Å². The van der Waals surface area contributed by atoms with Gasteiger partial charge in [0.25, 0.3) is 10.0 Å². The summed E-state index contributed by atoms with van der Waals surface area (Å²) in [7, 11) is -2.50. The Hall–Kier alpha value is -3.85. The lowest BCUT2D eigenvalue weighted by atomic mass is 10.1. The fourth-order valence-electron chi connectivity index (χ4n) is 5.25. The molecule has 9 heteroatoms. The summed E-state index contributed by atoms with van der Waals surface area (Å²) < 4.78 is 34.2. The van der Waals surface area contributed by atoms with Gasteiger partial charge in [0.15, 0.2) is 0 Å². The molecule has 1 fully saturated rings. The van der Waals surface area contributed by atoms with E-state index in [1.54, 1.807) is 55.6 Å². The van der Waals surface area contributed by atoms with Crippen LogP contribution >= 0.6 is 0 Å². The SMILES string of the molecule is CC[C@@H](C(=O)NC1CCCC1)N(Cc1ccc(OC)cc1)C(=O)CN(c1cccc(C)c1)S(=O)(=O)c1ccccc1. The van der Waals surface area contributed by atoms with E-state index < -0.39 is 28.5 Å². The van der Waals surface area contributed by atoms with Crippen molar-refractivity contribution in [2.75, 3.05) is 18.0 Å². The molecule has 0 heterocycles. The first-order valence-electron chi connectivity index (χ1n) is 14.1. The maximum Gasteiger partial charge on any atom is 0.264 e. The van der Waals surface area contributed by atoms with Crippen LogP contribution in [0.5, 0.6) is 5.75 Å². The molecule has 0 radical (unpaired) electrons. The lowest BCUT2D eigenvalue weighted by molar-refractivity contribution is -0.140. The molecule has 1 atom stereocenters. The first-order chi connectivity index (χ1) is 19.7. The molecule has 0 saturated heterocycles. The van der Waals surface area contributed by atoms with Crippen LogP contribution in [0.25, 0.3) is 0 Å². The van der Waals surface area contributed by atoms with E-state index in [-0.39, 0.29) is 23.4 Å². The highest BCUT2D eigenvalue weighted by Crippen LogP contribution is 2.26. The summed E-state index contributed by atoms with van der Waals surface area (Å²) in [5, 5.41) is 3.13. The summed E-state index contributed by atoms with van der Waals surface area (Å²) in [5.41, 5.74) is 2.05. The number of methoxy groups -OCH3 is 1. The van der Waals surface area contributed by atoms with Gasteiger partial charge in [0.05, 0.1) is 17.7 Å². The summed E-state index contributed by atoms with van der Waals surface area (Å²) in [6, 6.07) is 21.8. The monoisotopic (exact) mass is 577 g/mol. The second-order valence-electron chi connectivity index (χ2n) is 10.4. The number of sulfonamides is 1. The van der Waals surface area contributed by atoms with Gasteiger partial charge >= 0.3 is 0 Å². The summed E-state index contributed by atoms with van der Waals surface area (Å²) in [4.78, 5) is 29.3. The largest absolute Gasteiger partial charge is 0.497 e. The highest BCUT2D eigenvalue weighted by Gasteiger charge is 2.34. The quantitative estimate of drug-likeness (QED) is 0.325. The molecule has 0 spiro atoms. The number of carbonyl (C=O) groups is 2. The molecule has 0 unspecified atom stereocenters. The van der Waals surface area contributed by atoms with Gasteiger partial charge in [-0.3, -0.25) is 13.9 Å². The van der Waals surface area contributed by atoms with Crippen molar-refractivity contribution in [3.05, 3.63) is 90.0 Å². The van der Waals surface area contributed by atoms with E-state index in [0.717, 1.165) is 41.1 Å². The van der Waals surface area contributed by atoms with Crippen molar-refractivity contribution in [2.45, 2.75) is 69.5 Å². The van der Waals surface area contributed by atoms with E-state index in [2.05, 4.69) is 5.32 Å². The molecular formula is C32H39N3O5S. The summed E-state index contributed by atoms with van der Waals surface area (Å²) in [6.45, 7) is 3.43. The number of anilines is 1. The van der Waals surface area contributed by atoms with Crippen molar-refractivity contribution >= 4 is 27.5 Å². The van der Waals surface area contributed by atoms with Crippen LogP contribution in [0.15, 0.2) is 83.8 Å². The third kappa shape index (κ3) is 7.47. The number of carbonyl (C=O) groups excluding carboxylic acids is 2. The zero-order chi connectivity index (χ0) is 29.4. The molecule has 3 aromatic rings. The molecule has 0 aliphatic heterocycles. The second kappa shape index (κ2) is 13.7. The normalized spacial score (nSPS) is 14.3. The van der Waals surface area contributed by atoms with Crippen LogP contribution in [0.4, 0.5) is 5.69 Å². The van der Waals surface area contributed by atoms with Crippen LogP contribution in [0, 0.1) is 6.92 Å². The smallest absolute Gasteiger partial charge is 0.264 e. The number of nitrogens with zero attached hydrogens (tertiary/aromatic N) is 2. The molecule has 218 valence electrons. The molecule has 2 amide bonds. The molecule has 8 nitrogen and oxygen atoms in total. The molecule has 0 aromatic heterocycles. The van der Waals surface area contributed by atoms with E-state index in [4.69, 9.17) is 4.74 Å². The van der Waals surface area contributed by atoms with E-state index in [0.29, 0.717) is 17.9 Å². The van der Waals surface area contributed by atoms with E-state index in [1.165, 1.54) is 17.0 Å². The number of ether oxygens (including phenoxy) is 1. The highest BCUT2D eigenvalue weighted by molar-refractivity contribution is 7.92. The summed E-state index contributed by atoms with van der Waals surface area (Å²) in [6.07, 6.45) is 4.37. The first-order valence-corrected chi connectivity index (χ1v) is 15.5. The number of hydrogen-bond acceptors (Lipinski definition) is 5. The van der Waals surface area contributed by atoms with Crippen LogP contribution in [-0.4, -0.2) is 50.9 Å². The Balaban J connectivity index is 1.70. The van der Waals surface area contributed by atoms with Crippen molar-refractivity contribution < 1.29 is 22.7 Å². The second-order valence-corrected chi connectivity index (χ2v) is 12.3. The third-order valence-corrected chi connectivity index (χ3v) is 9.29. The van der Waals surface area contributed by atoms with Crippen LogP contribution in [0.3, 0.4) is 0 Å². The zero-order valence-electron chi connectivity index (χ0n) is 24.0. The lowest BCUT2D eigenvalue weighted by Gasteiger charge is -2.34. The molecule has 1 aliphatic carbocycles. The Morgan fingerprint density at radius 3 is 2.27 bits per heavy atom. The number of rotatable bonds is 12. The molecule has 1 saturated carbocycles. The number of benzene rings is 3. The Morgan fingerprint density at radius 1 is 0.976 bits per heavy atom. The zero-order valence-corrected chi connectivity index (χ0v) is 24.8. The van der Waals surface area contributed by atoms with Gasteiger partial charge in [-0.1, -0.05) is 62.2 Å². The van der Waals surface area contributed by atoms with Crippen molar-refractivity contribution in [3.8, 4) is 5.75 Å². The van der Waals surface area contributed by atoms with Crippen molar-refractivity contribution in [3.63, 3.8) is 0 Å². The minimum atomic E-state index is -4.08. The molecule has 4 rings (SSSR count). The van der Waals surface area contributed by atoms with Crippen molar-refractivity contribution in [2.24, 2.45) is 0 Å². The van der Waals surface area contributed by atoms with E-state index in [9.17, 15) is 18.0 Å². The van der Waals surface area contributed by atoms with Gasteiger partial charge < -0.3 is 15.0 Å². The Morgan fingerprint density at radius 2 is 1.66 bits per heavy atom. The maximum absolute atomic E-state index is 14.2. The molecular weight excluding hydrogens is 538 g/mol. The Kier molecular flexibility index (Phi) is 10.0. The van der Waals surface area contributed by atoms with Gasteiger partial charge in [0.1, 0.15) is 18.3 Å². The van der Waals surface area contributed by atoms with Gasteiger partial charge in [-0.2, -0.15) is 0 Å². The van der Waals surface area contributed by atoms with Gasteiger partial charge in [-0.25, -0.2) is 8.42 Å². The highest BCUT2D eigenvalue weighted by atomic mass is 32.2. The molecule has 1 N–H and O–H groups in total. The van der Waals surface area contributed by atoms with Crippen molar-refractivity contribution in [1.82, 2.24) is 10.2 Å². The molecule has 41 heavy (non-hydrogen) atoms. The standard InChI is InChI=1S/C32H39N3O5S/c1-4-30(32(37)33-26-12-8-9-13-26)34(22-25-17-19-28(40-3)20-18-25)31(36)23-35(27-14-10-11-24(2)21-27)41(38,39)29-15-6-5-7-16-29/h5-7,10-11,14-21,26,30H,4,8-9,12-13,22-23H2,1-3H3,(H,33,37)/t30-/m0/s1. The maximum atomic E-state index is 14.2. The van der Waals surface area contributed by atoms with E-state index in [1.807, 2.05) is 32.0 Å². The van der Waals surface area contributed by atoms with Crippen LogP contribution in [0.1, 0.15) is 50.2 Å². The number of aryl methyl sites for hydroxylation is 1. The van der Waals surface area contributed by atoms with Gasteiger partial charge in [0, 0.05) is 12.6 Å². The molecule has 3 aromatic carbocycles. The minimum Gasteiger partial charge on any atom is -0.497 e. The average Bonchev–Trinajstić information content (AvgIpc) is 3.49. The summed E-state index contributed by atoms with van der Waals surface area (Å²) in [5.74, 6) is 0.00163. The average molecular weight is 578 g/mol. The first kappa shape index (κ1) is 30.1. The fourth-order valence-corrected chi connectivity index (χ4v) is 6.67. The topological polar surface area (TPSA) is 96.0 Å². The molecule has 1 aliphatic rings. The molecule has 0 bridgehead atoms. The third-order valence-electron chi connectivity index (χ3n) is 7.50. The van der Waals surface area contributed by atoms with Gasteiger partial charge in [0.2, 0.25) is 11.8 Å². The Bertz CT molecular complexity index is 1420. The van der Waals surface area contributed by atoms with Crippen LogP contribution in [0.2, 0.25) is 0 Å². The lowest BCUT2D eigenvalue weighted by Crippen LogP contribution is -2.53. The number of nitrogens with one attached hydrogen (secondary N) is 1. The van der Waals surface area contributed by atoms with Gasteiger partial charge in [-0.05, 0) is 73.7 Å². The minimum absolute atomic E-state index is 0.0852. The predicted octanol–water partition coefficient (Wildman–Crippen LogP) is 5.07. The van der Waals surface area contributed by atoms with Gasteiger partial charge in [-0.15, -0.1) is 0 Å². The number of hydrogen-bond donors (Lipinski definition) is 1. The van der Waals surface area contributed by atoms with Crippen LogP contribution < -0.4 is 14.4 Å². The Labute approximate surface area is 243 Å². The fraction of sp³-hybridized carbons (Fsp3) is 0.375.